The molecule has 0 aliphatic rings. The van der Waals surface area contributed by atoms with Crippen LogP contribution < -0.4 is 10.5 Å². The van der Waals surface area contributed by atoms with Gasteiger partial charge in [-0.1, -0.05) is 0 Å². The molecule has 4 nitrogen and oxygen atoms in total. The molecule has 0 aliphatic carbocycles. The number of hydrogen-bond donors (Lipinski definition) is 1. The van der Waals surface area contributed by atoms with Gasteiger partial charge in [0.15, 0.2) is 0 Å². The first-order chi connectivity index (χ1) is 7.03. The third-order valence-electron chi connectivity index (χ3n) is 1.77. The lowest BCUT2D eigenvalue weighted by Gasteiger charge is -2.18. The fourth-order valence-electron chi connectivity index (χ4n) is 1.14. The number of nitrogens with two attached hydrogens (primary N) is 1. The Labute approximate surface area is 90.4 Å². The fraction of sp³-hybridized carbons (Fsp3) is 0.545. The van der Waals surface area contributed by atoms with Crippen LogP contribution in [0.25, 0.3) is 0 Å². The van der Waals surface area contributed by atoms with E-state index in [2.05, 4.69) is 4.98 Å². The topological polar surface area (TPSA) is 57.4 Å². The Morgan fingerprint density at radius 2 is 2.20 bits per heavy atom. The van der Waals surface area contributed by atoms with Gasteiger partial charge < -0.3 is 15.2 Å². The molecule has 1 heterocycles. The van der Waals surface area contributed by atoms with Crippen LogP contribution in [0.3, 0.4) is 0 Å². The van der Waals surface area contributed by atoms with Gasteiger partial charge in [-0.3, -0.25) is 0 Å². The summed E-state index contributed by atoms with van der Waals surface area (Å²) in [7, 11) is 1.60. The molecule has 2 N–H and O–H groups in total. The van der Waals surface area contributed by atoms with Crippen LogP contribution in [0.5, 0.6) is 5.88 Å². The molecule has 15 heavy (non-hydrogen) atoms. The van der Waals surface area contributed by atoms with Crippen molar-refractivity contribution >= 4 is 0 Å². The first-order valence-corrected chi connectivity index (χ1v) is 4.87. The van der Waals surface area contributed by atoms with Crippen LogP contribution in [0.2, 0.25) is 0 Å². The molecule has 0 aromatic carbocycles. The summed E-state index contributed by atoms with van der Waals surface area (Å²) in [4.78, 5) is 4.08. The van der Waals surface area contributed by atoms with Gasteiger partial charge in [-0.2, -0.15) is 0 Å². The van der Waals surface area contributed by atoms with Crippen molar-refractivity contribution in [2.75, 3.05) is 13.7 Å². The molecule has 4 heteroatoms. The summed E-state index contributed by atoms with van der Waals surface area (Å²) in [5.74, 6) is 0.604. The number of pyridine rings is 1. The minimum atomic E-state index is -0.310. The molecule has 84 valence electrons. The summed E-state index contributed by atoms with van der Waals surface area (Å²) < 4.78 is 10.6. The molecular formula is C11H18N2O2. The SMILES string of the molecule is COc1ncccc1COCC(C)(C)N. The van der Waals surface area contributed by atoms with E-state index < -0.39 is 0 Å². The number of methoxy groups -OCH3 is 1. The van der Waals surface area contributed by atoms with E-state index in [0.29, 0.717) is 19.1 Å². The molecule has 0 radical (unpaired) electrons. The van der Waals surface area contributed by atoms with Crippen molar-refractivity contribution in [3.63, 3.8) is 0 Å². The van der Waals surface area contributed by atoms with Crippen LogP contribution >= 0.6 is 0 Å². The highest BCUT2D eigenvalue weighted by Gasteiger charge is 2.11. The van der Waals surface area contributed by atoms with Crippen molar-refractivity contribution < 1.29 is 9.47 Å². The molecule has 0 bridgehead atoms. The largest absolute Gasteiger partial charge is 0.481 e. The maximum atomic E-state index is 5.80. The van der Waals surface area contributed by atoms with Gasteiger partial charge in [-0.25, -0.2) is 4.98 Å². The van der Waals surface area contributed by atoms with Crippen LogP contribution in [-0.4, -0.2) is 24.2 Å². The molecule has 1 aromatic rings. The van der Waals surface area contributed by atoms with Crippen LogP contribution in [0.1, 0.15) is 19.4 Å². The van der Waals surface area contributed by atoms with E-state index in [1.807, 2.05) is 26.0 Å². The number of rotatable bonds is 5. The van der Waals surface area contributed by atoms with Crippen molar-refractivity contribution in [3.05, 3.63) is 23.9 Å². The second kappa shape index (κ2) is 5.09. The molecule has 0 saturated carbocycles. The minimum absolute atomic E-state index is 0.310. The van der Waals surface area contributed by atoms with Crippen molar-refractivity contribution in [2.24, 2.45) is 5.73 Å². The van der Waals surface area contributed by atoms with E-state index in [1.54, 1.807) is 13.3 Å². The van der Waals surface area contributed by atoms with Crippen molar-refractivity contribution in [1.82, 2.24) is 4.98 Å². The summed E-state index contributed by atoms with van der Waals surface area (Å²) >= 11 is 0. The Balaban J connectivity index is 2.50. The average Bonchev–Trinajstić information content (AvgIpc) is 2.16. The van der Waals surface area contributed by atoms with Crippen LogP contribution in [0, 0.1) is 0 Å². The number of ether oxygens (including phenoxy) is 2. The zero-order chi connectivity index (χ0) is 11.3. The van der Waals surface area contributed by atoms with Gasteiger partial charge in [0.2, 0.25) is 5.88 Å². The van der Waals surface area contributed by atoms with Gasteiger partial charge in [0.25, 0.3) is 0 Å². The van der Waals surface area contributed by atoms with E-state index in [9.17, 15) is 0 Å². The molecule has 0 spiro atoms. The van der Waals surface area contributed by atoms with Gasteiger partial charge in [-0.05, 0) is 26.0 Å². The fourth-order valence-corrected chi connectivity index (χ4v) is 1.14. The third kappa shape index (κ3) is 4.27. The third-order valence-corrected chi connectivity index (χ3v) is 1.77. The maximum absolute atomic E-state index is 5.80. The highest BCUT2D eigenvalue weighted by Crippen LogP contribution is 2.14. The van der Waals surface area contributed by atoms with Crippen LogP contribution in [-0.2, 0) is 11.3 Å². The Morgan fingerprint density at radius 3 is 2.80 bits per heavy atom. The minimum Gasteiger partial charge on any atom is -0.481 e. The number of hydrogen-bond acceptors (Lipinski definition) is 4. The molecule has 0 atom stereocenters. The quantitative estimate of drug-likeness (QED) is 0.797. The van der Waals surface area contributed by atoms with Crippen molar-refractivity contribution in [3.8, 4) is 5.88 Å². The molecule has 0 fully saturated rings. The normalized spacial score (nSPS) is 11.5. The van der Waals surface area contributed by atoms with Crippen LogP contribution in [0.15, 0.2) is 18.3 Å². The van der Waals surface area contributed by atoms with Crippen molar-refractivity contribution in [2.45, 2.75) is 26.0 Å². The Morgan fingerprint density at radius 1 is 1.47 bits per heavy atom. The Bertz CT molecular complexity index is 308. The summed E-state index contributed by atoms with van der Waals surface area (Å²) in [5.41, 5.74) is 6.42. The standard InChI is InChI=1S/C11H18N2O2/c1-11(2,12)8-15-7-9-5-4-6-13-10(9)14-3/h4-6H,7-8,12H2,1-3H3. The van der Waals surface area contributed by atoms with E-state index in [0.717, 1.165) is 5.56 Å². The molecule has 0 unspecified atom stereocenters. The van der Waals surface area contributed by atoms with Gasteiger partial charge >= 0.3 is 0 Å². The molecule has 1 aromatic heterocycles. The first-order valence-electron chi connectivity index (χ1n) is 4.87. The van der Waals surface area contributed by atoms with Gasteiger partial charge in [0.05, 0.1) is 20.3 Å². The highest BCUT2D eigenvalue weighted by molar-refractivity contribution is 5.24. The lowest BCUT2D eigenvalue weighted by molar-refractivity contribution is 0.0834. The highest BCUT2D eigenvalue weighted by atomic mass is 16.5. The van der Waals surface area contributed by atoms with Gasteiger partial charge in [0.1, 0.15) is 0 Å². The average molecular weight is 210 g/mol. The molecule has 1 rings (SSSR count). The zero-order valence-electron chi connectivity index (χ0n) is 9.49. The van der Waals surface area contributed by atoms with Gasteiger partial charge in [0, 0.05) is 17.3 Å². The lowest BCUT2D eigenvalue weighted by atomic mass is 10.1. The van der Waals surface area contributed by atoms with E-state index >= 15 is 0 Å². The Hall–Kier alpha value is -1.13. The van der Waals surface area contributed by atoms with E-state index in [1.165, 1.54) is 0 Å². The smallest absolute Gasteiger partial charge is 0.218 e. The lowest BCUT2D eigenvalue weighted by Crippen LogP contribution is -2.37. The first kappa shape index (κ1) is 11.9. The maximum Gasteiger partial charge on any atom is 0.218 e. The summed E-state index contributed by atoms with van der Waals surface area (Å²) in [6, 6.07) is 3.78. The molecule has 0 amide bonds. The van der Waals surface area contributed by atoms with E-state index in [-0.39, 0.29) is 5.54 Å². The summed E-state index contributed by atoms with van der Waals surface area (Å²) in [5, 5.41) is 0. The molecule has 0 saturated heterocycles. The second-order valence-electron chi connectivity index (χ2n) is 4.15. The Kier molecular flexibility index (Phi) is 4.05. The number of aromatic nitrogens is 1. The van der Waals surface area contributed by atoms with Gasteiger partial charge in [-0.15, -0.1) is 0 Å². The number of nitrogens with zero attached hydrogens (tertiary/aromatic N) is 1. The monoisotopic (exact) mass is 210 g/mol. The van der Waals surface area contributed by atoms with E-state index in [4.69, 9.17) is 15.2 Å². The molecule has 0 aliphatic heterocycles. The zero-order valence-corrected chi connectivity index (χ0v) is 9.49. The van der Waals surface area contributed by atoms with Crippen LogP contribution in [0.4, 0.5) is 0 Å². The molecular weight excluding hydrogens is 192 g/mol. The summed E-state index contributed by atoms with van der Waals surface area (Å²) in [6.07, 6.45) is 1.69. The second-order valence-corrected chi connectivity index (χ2v) is 4.15. The van der Waals surface area contributed by atoms with Crippen molar-refractivity contribution in [1.29, 1.82) is 0 Å². The predicted molar refractivity (Wildman–Crippen MR) is 58.7 cm³/mol. The predicted octanol–water partition coefficient (Wildman–Crippen LogP) is 1.34. The summed E-state index contributed by atoms with van der Waals surface area (Å²) in [6.45, 7) is 4.82.